The Bertz CT molecular complexity index is 871. The summed E-state index contributed by atoms with van der Waals surface area (Å²) in [6, 6.07) is 6.62. The van der Waals surface area contributed by atoms with Crippen molar-refractivity contribution in [1.82, 2.24) is 0 Å². The van der Waals surface area contributed by atoms with Crippen molar-refractivity contribution >= 4 is 23.5 Å². The van der Waals surface area contributed by atoms with Crippen LogP contribution in [-0.2, 0) is 29.2 Å². The standard InChI is InChI=1S/C10H13O4P.C5H11O4P.C4H9O4P.C2H4/c1-2-3-4-9-5-7-10(8-6-9)14-15(11,12)13;1-3-4-5(2)9-10(6,7)8;1-2-3-4-8-9(5,6)7;1-2/h2,5-8H,1,3-4H2,(H2,11,12,13);3,5H,1,4H2,2H3,(H2,6,7,8);2H,1,3-4H2,(H2,5,6,7);1-2H2. The maximum atomic E-state index is 10.5. The highest BCUT2D eigenvalue weighted by Gasteiger charge is 2.17. The second-order valence-electron chi connectivity index (χ2n) is 6.39. The molecule has 0 aromatic heterocycles. The van der Waals surface area contributed by atoms with Gasteiger partial charge in [-0.1, -0.05) is 30.4 Å². The first-order valence-electron chi connectivity index (χ1n) is 10.1. The first-order chi connectivity index (χ1) is 16.5. The van der Waals surface area contributed by atoms with E-state index in [0.717, 1.165) is 18.4 Å². The van der Waals surface area contributed by atoms with Crippen molar-refractivity contribution in [3.63, 3.8) is 0 Å². The smallest absolute Gasteiger partial charge is 0.404 e. The van der Waals surface area contributed by atoms with Gasteiger partial charge < -0.3 is 24.1 Å². The number of rotatable bonds is 13. The fraction of sp³-hybridized carbons (Fsp3) is 0.333. The molecular weight excluding hydrogens is 537 g/mol. The van der Waals surface area contributed by atoms with Crippen molar-refractivity contribution in [2.24, 2.45) is 0 Å². The summed E-state index contributed by atoms with van der Waals surface area (Å²) < 4.78 is 43.4. The van der Waals surface area contributed by atoms with Crippen molar-refractivity contribution in [1.29, 1.82) is 0 Å². The Kier molecular flexibility index (Phi) is 23.1. The summed E-state index contributed by atoms with van der Waals surface area (Å²) in [5.41, 5.74) is 1.08. The monoisotopic (exact) mass is 574 g/mol. The van der Waals surface area contributed by atoms with Gasteiger partial charge in [0.2, 0.25) is 0 Å². The number of hydrogen-bond acceptors (Lipinski definition) is 6. The molecule has 1 rings (SSSR count). The number of phosphoric acid groups is 3. The van der Waals surface area contributed by atoms with Gasteiger partial charge >= 0.3 is 23.5 Å². The zero-order valence-electron chi connectivity index (χ0n) is 20.2. The molecule has 0 fully saturated rings. The molecule has 1 aromatic rings. The predicted molar refractivity (Wildman–Crippen MR) is 139 cm³/mol. The first-order valence-corrected chi connectivity index (χ1v) is 14.7. The first kappa shape index (κ1) is 38.9. The van der Waals surface area contributed by atoms with E-state index in [2.05, 4.69) is 46.5 Å². The van der Waals surface area contributed by atoms with Gasteiger partial charge in [-0.2, -0.15) is 0 Å². The van der Waals surface area contributed by atoms with Gasteiger partial charge in [-0.3, -0.25) is 18.8 Å². The maximum Gasteiger partial charge on any atom is 0.524 e. The molecule has 0 radical (unpaired) electrons. The third-order valence-corrected chi connectivity index (χ3v) is 4.78. The van der Waals surface area contributed by atoms with Crippen LogP contribution in [0.5, 0.6) is 5.75 Å². The third kappa shape index (κ3) is 32.4. The van der Waals surface area contributed by atoms with E-state index < -0.39 is 29.6 Å². The van der Waals surface area contributed by atoms with Gasteiger partial charge in [0.05, 0.1) is 12.7 Å². The summed E-state index contributed by atoms with van der Waals surface area (Å²) in [6.45, 7) is 18.0. The molecule has 0 aliphatic heterocycles. The normalized spacial score (nSPS) is 11.6. The van der Waals surface area contributed by atoms with E-state index in [9.17, 15) is 13.7 Å². The fourth-order valence-corrected chi connectivity index (χ4v) is 3.18. The van der Waals surface area contributed by atoms with Crippen molar-refractivity contribution in [2.75, 3.05) is 6.61 Å². The highest BCUT2D eigenvalue weighted by atomic mass is 31.2. The molecular formula is C21H37O12P3. The lowest BCUT2D eigenvalue weighted by Crippen LogP contribution is -2.03. The number of allylic oxidation sites excluding steroid dienone is 1. The minimum Gasteiger partial charge on any atom is -0.404 e. The molecule has 1 atom stereocenters. The van der Waals surface area contributed by atoms with Crippen molar-refractivity contribution in [3.8, 4) is 5.75 Å². The minimum absolute atomic E-state index is 0.0216. The maximum absolute atomic E-state index is 10.5. The summed E-state index contributed by atoms with van der Waals surface area (Å²) in [5, 5.41) is 0. The molecule has 208 valence electrons. The van der Waals surface area contributed by atoms with Gasteiger partial charge in [-0.25, -0.2) is 13.7 Å². The lowest BCUT2D eigenvalue weighted by Gasteiger charge is -2.10. The largest absolute Gasteiger partial charge is 0.524 e. The van der Waals surface area contributed by atoms with E-state index in [4.69, 9.17) is 29.4 Å². The van der Waals surface area contributed by atoms with Crippen LogP contribution in [0.3, 0.4) is 0 Å². The lowest BCUT2D eigenvalue weighted by atomic mass is 10.1. The highest BCUT2D eigenvalue weighted by Crippen LogP contribution is 2.38. The second kappa shape index (κ2) is 21.4. The van der Waals surface area contributed by atoms with Crippen LogP contribution in [0.2, 0.25) is 0 Å². The van der Waals surface area contributed by atoms with E-state index >= 15 is 0 Å². The molecule has 0 heterocycles. The Morgan fingerprint density at radius 3 is 1.67 bits per heavy atom. The van der Waals surface area contributed by atoms with Gasteiger partial charge in [0.1, 0.15) is 5.75 Å². The van der Waals surface area contributed by atoms with Gasteiger partial charge in [0.25, 0.3) is 0 Å². The Morgan fingerprint density at radius 2 is 1.31 bits per heavy atom. The highest BCUT2D eigenvalue weighted by molar-refractivity contribution is 7.47. The SMILES string of the molecule is C=C.C=CCC(C)OP(=O)(O)O.C=CCCOP(=O)(O)O.C=CCCc1ccc(OP(=O)(O)O)cc1. The van der Waals surface area contributed by atoms with Crippen LogP contribution in [-0.4, -0.2) is 42.1 Å². The summed E-state index contributed by atoms with van der Waals surface area (Å²) in [5.74, 6) is 0.172. The second-order valence-corrected chi connectivity index (χ2v) is 9.98. The summed E-state index contributed by atoms with van der Waals surface area (Å²) in [6.07, 6.45) is 7.03. The molecule has 0 bridgehead atoms. The van der Waals surface area contributed by atoms with Gasteiger partial charge in [-0.05, 0) is 50.3 Å². The van der Waals surface area contributed by atoms with E-state index in [1.165, 1.54) is 18.2 Å². The zero-order valence-corrected chi connectivity index (χ0v) is 22.8. The lowest BCUT2D eigenvalue weighted by molar-refractivity contribution is 0.146. The van der Waals surface area contributed by atoms with Crippen LogP contribution in [0.4, 0.5) is 0 Å². The molecule has 12 nitrogen and oxygen atoms in total. The molecule has 15 heteroatoms. The van der Waals surface area contributed by atoms with E-state index in [1.807, 2.05) is 6.08 Å². The Morgan fingerprint density at radius 1 is 0.806 bits per heavy atom. The van der Waals surface area contributed by atoms with Gasteiger partial charge in [0, 0.05) is 0 Å². The van der Waals surface area contributed by atoms with Crippen molar-refractivity contribution < 1.29 is 56.6 Å². The summed E-state index contributed by atoms with van der Waals surface area (Å²) in [4.78, 5) is 49.9. The fourth-order valence-electron chi connectivity index (χ4n) is 1.89. The van der Waals surface area contributed by atoms with Crippen LogP contribution in [0.25, 0.3) is 0 Å². The van der Waals surface area contributed by atoms with Crippen LogP contribution < -0.4 is 4.52 Å². The van der Waals surface area contributed by atoms with Crippen LogP contribution >= 0.6 is 23.5 Å². The third-order valence-electron chi connectivity index (χ3n) is 3.18. The van der Waals surface area contributed by atoms with E-state index in [1.54, 1.807) is 25.1 Å². The molecule has 1 aromatic carbocycles. The number of phosphoric ester groups is 3. The quantitative estimate of drug-likeness (QED) is 0.107. The molecule has 0 spiro atoms. The molecule has 0 saturated carbocycles. The molecule has 0 saturated heterocycles. The zero-order chi connectivity index (χ0) is 28.8. The molecule has 0 aliphatic rings. The van der Waals surface area contributed by atoms with Crippen LogP contribution in [0.15, 0.2) is 75.4 Å². The number of aryl methyl sites for hydroxylation is 1. The number of hydrogen-bond donors (Lipinski definition) is 6. The summed E-state index contributed by atoms with van der Waals surface area (Å²) in [7, 11) is -13.0. The average Bonchev–Trinajstić information content (AvgIpc) is 2.73. The van der Waals surface area contributed by atoms with Crippen LogP contribution in [0.1, 0.15) is 31.7 Å². The average molecular weight is 574 g/mol. The van der Waals surface area contributed by atoms with Crippen molar-refractivity contribution in [3.05, 3.63) is 81.0 Å². The Hall–Kier alpha value is -1.65. The predicted octanol–water partition coefficient (Wildman–Crippen LogP) is 4.81. The van der Waals surface area contributed by atoms with Gasteiger partial charge in [0.15, 0.2) is 0 Å². The van der Waals surface area contributed by atoms with E-state index in [-0.39, 0.29) is 12.4 Å². The number of benzene rings is 1. The molecule has 1 unspecified atom stereocenters. The topological polar surface area (TPSA) is 200 Å². The molecule has 6 N–H and O–H groups in total. The minimum atomic E-state index is -4.44. The molecule has 36 heavy (non-hydrogen) atoms. The van der Waals surface area contributed by atoms with Crippen LogP contribution in [0, 0.1) is 0 Å². The summed E-state index contributed by atoms with van der Waals surface area (Å²) >= 11 is 0. The van der Waals surface area contributed by atoms with Crippen molar-refractivity contribution in [2.45, 2.75) is 38.7 Å². The van der Waals surface area contributed by atoms with E-state index in [0.29, 0.717) is 12.8 Å². The Balaban J connectivity index is -0.000000457. The Labute approximate surface area is 212 Å². The van der Waals surface area contributed by atoms with Gasteiger partial charge in [-0.15, -0.1) is 32.9 Å². The molecule has 0 aliphatic carbocycles. The molecule has 0 amide bonds.